The zero-order valence-electron chi connectivity index (χ0n) is 15.1. The minimum atomic E-state index is -1.04. The van der Waals surface area contributed by atoms with Gasteiger partial charge >= 0.3 is 5.97 Å². The van der Waals surface area contributed by atoms with Crippen LogP contribution in [0, 0.1) is 0 Å². The van der Waals surface area contributed by atoms with Gasteiger partial charge in [-0.1, -0.05) is 30.3 Å². The number of hydrogen-bond donors (Lipinski definition) is 2. The summed E-state index contributed by atoms with van der Waals surface area (Å²) >= 11 is 0. The molecule has 1 heterocycles. The summed E-state index contributed by atoms with van der Waals surface area (Å²) in [5.41, 5.74) is 0.519. The van der Waals surface area contributed by atoms with Crippen molar-refractivity contribution >= 4 is 28.6 Å². The van der Waals surface area contributed by atoms with Gasteiger partial charge in [-0.2, -0.15) is 0 Å². The third-order valence-electron chi connectivity index (χ3n) is 4.84. The fraction of sp³-hybridized carbons (Fsp3) is 0.350. The van der Waals surface area contributed by atoms with Crippen LogP contribution in [-0.2, 0) is 14.3 Å². The molecular formula is C20H22N2O5. The Morgan fingerprint density at radius 1 is 1.19 bits per heavy atom. The van der Waals surface area contributed by atoms with Crippen LogP contribution >= 0.6 is 0 Å². The van der Waals surface area contributed by atoms with E-state index in [1.54, 1.807) is 12.1 Å². The summed E-state index contributed by atoms with van der Waals surface area (Å²) in [5.74, 6) is -1.61. The first-order valence-corrected chi connectivity index (χ1v) is 8.81. The average molecular weight is 370 g/mol. The van der Waals surface area contributed by atoms with Crippen molar-refractivity contribution in [1.29, 1.82) is 0 Å². The maximum absolute atomic E-state index is 12.4. The molecule has 1 saturated heterocycles. The van der Waals surface area contributed by atoms with Crippen LogP contribution in [0.1, 0.15) is 23.2 Å². The lowest BCUT2D eigenvalue weighted by molar-refractivity contribution is -0.148. The number of hydrogen-bond acceptors (Lipinski definition) is 4. The summed E-state index contributed by atoms with van der Waals surface area (Å²) in [5, 5.41) is 14.0. The van der Waals surface area contributed by atoms with Crippen LogP contribution in [0.3, 0.4) is 0 Å². The van der Waals surface area contributed by atoms with Gasteiger partial charge in [-0.3, -0.25) is 9.59 Å². The average Bonchev–Trinajstić information content (AvgIpc) is 3.12. The molecule has 7 heteroatoms. The summed E-state index contributed by atoms with van der Waals surface area (Å²) in [6.07, 6.45) is 0.0443. The zero-order valence-corrected chi connectivity index (χ0v) is 15.1. The molecule has 2 aromatic rings. The quantitative estimate of drug-likeness (QED) is 0.806. The van der Waals surface area contributed by atoms with Gasteiger partial charge in [-0.05, 0) is 22.9 Å². The van der Waals surface area contributed by atoms with Gasteiger partial charge in [0, 0.05) is 38.6 Å². The predicted octanol–water partition coefficient (Wildman–Crippen LogP) is 1.66. The molecular weight excluding hydrogens is 348 g/mol. The first-order valence-electron chi connectivity index (χ1n) is 8.81. The Balaban J connectivity index is 1.55. The SMILES string of the molecule is COC1CC(C(=O)O)N(C(=O)CCNC(=O)c2ccc3ccccc3c2)C1. The lowest BCUT2D eigenvalue weighted by Gasteiger charge is -2.21. The largest absolute Gasteiger partial charge is 0.480 e. The fourth-order valence-electron chi connectivity index (χ4n) is 3.34. The van der Waals surface area contributed by atoms with E-state index in [9.17, 15) is 19.5 Å². The van der Waals surface area contributed by atoms with Gasteiger partial charge in [0.05, 0.1) is 6.10 Å². The van der Waals surface area contributed by atoms with Crippen LogP contribution in [0.5, 0.6) is 0 Å². The Kier molecular flexibility index (Phi) is 5.71. The molecule has 142 valence electrons. The van der Waals surface area contributed by atoms with Gasteiger partial charge in [0.15, 0.2) is 0 Å². The number of nitrogens with one attached hydrogen (secondary N) is 1. The lowest BCUT2D eigenvalue weighted by Crippen LogP contribution is -2.42. The number of methoxy groups -OCH3 is 1. The molecule has 7 nitrogen and oxygen atoms in total. The van der Waals surface area contributed by atoms with Gasteiger partial charge < -0.3 is 20.1 Å². The highest BCUT2D eigenvalue weighted by molar-refractivity contribution is 5.98. The van der Waals surface area contributed by atoms with E-state index >= 15 is 0 Å². The Morgan fingerprint density at radius 3 is 2.63 bits per heavy atom. The molecule has 2 aromatic carbocycles. The van der Waals surface area contributed by atoms with Crippen molar-refractivity contribution in [2.24, 2.45) is 0 Å². The molecule has 2 amide bonds. The van der Waals surface area contributed by atoms with Crippen molar-refractivity contribution in [3.8, 4) is 0 Å². The Labute approximate surface area is 156 Å². The number of carbonyl (C=O) groups is 3. The number of amides is 2. The van der Waals surface area contributed by atoms with E-state index in [0.29, 0.717) is 5.56 Å². The second-order valence-corrected chi connectivity index (χ2v) is 6.56. The molecule has 0 saturated carbocycles. The highest BCUT2D eigenvalue weighted by Gasteiger charge is 2.39. The molecule has 1 aliphatic rings. The van der Waals surface area contributed by atoms with E-state index in [0.717, 1.165) is 10.8 Å². The second-order valence-electron chi connectivity index (χ2n) is 6.56. The first-order chi connectivity index (χ1) is 13.0. The van der Waals surface area contributed by atoms with Crippen molar-refractivity contribution in [3.63, 3.8) is 0 Å². The van der Waals surface area contributed by atoms with Crippen molar-refractivity contribution < 1.29 is 24.2 Å². The normalized spacial score (nSPS) is 19.2. The summed E-state index contributed by atoms with van der Waals surface area (Å²) < 4.78 is 5.18. The molecule has 1 fully saturated rings. The fourth-order valence-corrected chi connectivity index (χ4v) is 3.34. The minimum absolute atomic E-state index is 0.0412. The molecule has 2 N–H and O–H groups in total. The van der Waals surface area contributed by atoms with Gasteiger partial charge in [0.2, 0.25) is 5.91 Å². The Hall–Kier alpha value is -2.93. The lowest BCUT2D eigenvalue weighted by atomic mass is 10.1. The number of likely N-dealkylation sites (tertiary alicyclic amines) is 1. The van der Waals surface area contributed by atoms with Gasteiger partial charge in [-0.25, -0.2) is 4.79 Å². The molecule has 2 atom stereocenters. The van der Waals surface area contributed by atoms with Crippen LogP contribution in [-0.4, -0.2) is 60.1 Å². The maximum atomic E-state index is 12.4. The van der Waals surface area contributed by atoms with Crippen LogP contribution < -0.4 is 5.32 Å². The van der Waals surface area contributed by atoms with Crippen molar-refractivity contribution in [3.05, 3.63) is 48.0 Å². The Bertz CT molecular complexity index is 866. The number of aliphatic carboxylic acids is 1. The van der Waals surface area contributed by atoms with E-state index in [2.05, 4.69) is 5.32 Å². The number of benzene rings is 2. The van der Waals surface area contributed by atoms with E-state index in [4.69, 9.17) is 4.74 Å². The number of ether oxygens (including phenoxy) is 1. The highest BCUT2D eigenvalue weighted by atomic mass is 16.5. The number of rotatable bonds is 6. The molecule has 0 radical (unpaired) electrons. The standard InChI is InChI=1S/C20H22N2O5/c1-27-16-11-17(20(25)26)22(12-16)18(23)8-9-21-19(24)15-7-6-13-4-2-3-5-14(13)10-15/h2-7,10,16-17H,8-9,11-12H2,1H3,(H,21,24)(H,25,26). The van der Waals surface area contributed by atoms with E-state index in [1.807, 2.05) is 30.3 Å². The molecule has 3 rings (SSSR count). The summed E-state index contributed by atoms with van der Waals surface area (Å²) in [7, 11) is 1.50. The van der Waals surface area contributed by atoms with Crippen molar-refractivity contribution in [1.82, 2.24) is 10.2 Å². The molecule has 27 heavy (non-hydrogen) atoms. The third-order valence-corrected chi connectivity index (χ3v) is 4.84. The minimum Gasteiger partial charge on any atom is -0.480 e. The summed E-state index contributed by atoms with van der Waals surface area (Å²) in [6, 6.07) is 12.3. The number of nitrogens with zero attached hydrogens (tertiary/aromatic N) is 1. The topological polar surface area (TPSA) is 95.9 Å². The number of carbonyl (C=O) groups excluding carboxylic acids is 2. The van der Waals surface area contributed by atoms with E-state index in [1.165, 1.54) is 12.0 Å². The van der Waals surface area contributed by atoms with Gasteiger partial charge in [0.25, 0.3) is 5.91 Å². The third kappa shape index (κ3) is 4.25. The monoisotopic (exact) mass is 370 g/mol. The highest BCUT2D eigenvalue weighted by Crippen LogP contribution is 2.21. The predicted molar refractivity (Wildman–Crippen MR) is 99.4 cm³/mol. The maximum Gasteiger partial charge on any atom is 0.326 e. The summed E-state index contributed by atoms with van der Waals surface area (Å²) in [4.78, 5) is 37.3. The molecule has 0 aliphatic carbocycles. The molecule has 0 bridgehead atoms. The van der Waals surface area contributed by atoms with Crippen LogP contribution in [0.25, 0.3) is 10.8 Å². The number of carboxylic acids is 1. The molecule has 0 aromatic heterocycles. The van der Waals surface area contributed by atoms with Crippen LogP contribution in [0.2, 0.25) is 0 Å². The zero-order chi connectivity index (χ0) is 19.4. The number of fused-ring (bicyclic) bond motifs is 1. The van der Waals surface area contributed by atoms with Gasteiger partial charge in [-0.15, -0.1) is 0 Å². The first kappa shape index (κ1) is 18.8. The van der Waals surface area contributed by atoms with E-state index in [-0.39, 0.29) is 43.8 Å². The summed E-state index contributed by atoms with van der Waals surface area (Å²) in [6.45, 7) is 0.399. The van der Waals surface area contributed by atoms with Crippen LogP contribution in [0.15, 0.2) is 42.5 Å². The van der Waals surface area contributed by atoms with Crippen LogP contribution in [0.4, 0.5) is 0 Å². The van der Waals surface area contributed by atoms with Crippen molar-refractivity contribution in [2.75, 3.05) is 20.2 Å². The van der Waals surface area contributed by atoms with Gasteiger partial charge in [0.1, 0.15) is 6.04 Å². The molecule has 2 unspecified atom stereocenters. The Morgan fingerprint density at radius 2 is 1.93 bits per heavy atom. The second kappa shape index (κ2) is 8.18. The molecule has 1 aliphatic heterocycles. The smallest absolute Gasteiger partial charge is 0.326 e. The molecule has 0 spiro atoms. The van der Waals surface area contributed by atoms with Crippen molar-refractivity contribution in [2.45, 2.75) is 25.0 Å². The number of carboxylic acid groups (broad SMARTS) is 1. The van der Waals surface area contributed by atoms with E-state index < -0.39 is 12.0 Å².